The Morgan fingerprint density at radius 3 is 0.836 bits per heavy atom. The summed E-state index contributed by atoms with van der Waals surface area (Å²) in [6.45, 7) is 26.7. The maximum atomic E-state index is 14.9. The zero-order chi connectivity index (χ0) is 94.9. The van der Waals surface area contributed by atoms with Gasteiger partial charge in [-0.2, -0.15) is 0 Å². The standard InChI is InChI=1S/C22H22FN3OS.C21H19ClFN3OS.C20H17F2N3OS.C20H24FN3OS.C19H22FN3OS/c1-12-8-6-9-13(2)19(12)24-21-20(18-16(23)10-7-11-17(18)27-5)25-22-26(21)14(3)15(4)28-22;1-11-7-5-8-14(22)18(11)24-20-19(17-15(23)9-6-10-16(17)27-4)25-21-26(20)12(2)13(3)28-21;1-11-12(2)27-20-24-18(17-15(22)5-4-6-16(17)26-3)19(25(11)20)23-14-9-7-13(21)8-10-14;1-12-13(2)26-20-23-18(17-15(21)10-7-11-16(17)25-3)19(24(12)20)22-14-8-5-4-6-9-14;1-11-12(2)25-19-22-17(16-14(20)9-6-10-15(16)24-3)18(23(11)19)21-13-7-4-5-8-13/h6-11,24H,1-5H3;5-10,24H,1-4H3;4-10,23H,1-3H3;7,10-11,14,22H,4-6,8-9H2,1-3H3;6,9-10,13,21H,4-5,7-8H2,1-3H3. The number of anilines is 8. The van der Waals surface area contributed by atoms with Crippen molar-refractivity contribution in [2.45, 2.75) is 160 Å². The van der Waals surface area contributed by atoms with Crippen molar-refractivity contribution in [2.24, 2.45) is 0 Å². The third kappa shape index (κ3) is 18.6. The van der Waals surface area contributed by atoms with Gasteiger partial charge in [0.15, 0.2) is 24.8 Å². The molecule has 8 aromatic carbocycles. The molecule has 696 valence electrons. The van der Waals surface area contributed by atoms with E-state index in [-0.39, 0.29) is 28.8 Å². The molecule has 2 fully saturated rings. The monoisotopic (exact) mass is 1930 g/mol. The van der Waals surface area contributed by atoms with Crippen molar-refractivity contribution in [3.63, 3.8) is 0 Å². The van der Waals surface area contributed by atoms with Crippen molar-refractivity contribution < 1.29 is 50.0 Å². The first-order chi connectivity index (χ1) is 64.5. The van der Waals surface area contributed by atoms with Gasteiger partial charge in [-0.05, 0) is 223 Å². The maximum absolute atomic E-state index is 14.9. The molecule has 0 saturated heterocycles. The SMILES string of the molecule is COc1cccc(F)c1-c1nc2sc(C)c(C)n2c1NC1CCCC1.COc1cccc(F)c1-c1nc2sc(C)c(C)n2c1NC1CCCCC1.COc1cccc(F)c1-c1nc2sc(C)c(C)n2c1Nc1c(C)cccc1C.COc1cccc(F)c1-c1nc2sc(C)c(C)n2c1Nc1c(C)cccc1Cl.COc1cccc(F)c1-c1nc2sc(C)c(C)n2c1Nc1ccc(F)cc1. The maximum Gasteiger partial charge on any atom is 0.196 e. The largest absolute Gasteiger partial charge is 0.496 e. The molecule has 10 aromatic heterocycles. The van der Waals surface area contributed by atoms with E-state index in [9.17, 15) is 26.3 Å². The molecule has 18 aromatic rings. The van der Waals surface area contributed by atoms with Crippen molar-refractivity contribution in [1.82, 2.24) is 46.9 Å². The number of ether oxygens (including phenoxy) is 5. The molecule has 20 rings (SSSR count). The summed E-state index contributed by atoms with van der Waals surface area (Å²) in [5.74, 6) is 3.99. The van der Waals surface area contributed by atoms with Gasteiger partial charge in [-0.1, -0.05) is 104 Å². The summed E-state index contributed by atoms with van der Waals surface area (Å²) in [5.41, 5.74) is 15.7. The third-order valence-corrected chi connectivity index (χ3v) is 30.4. The van der Waals surface area contributed by atoms with Crippen molar-refractivity contribution in [2.75, 3.05) is 62.1 Å². The average Bonchev–Trinajstić information content (AvgIpc) is 1.61. The van der Waals surface area contributed by atoms with Crippen LogP contribution in [0.2, 0.25) is 5.02 Å². The number of methoxy groups -OCH3 is 5. The number of thiazole rings is 5. The molecule has 0 aliphatic heterocycles. The van der Waals surface area contributed by atoms with Crippen LogP contribution < -0.4 is 50.3 Å². The van der Waals surface area contributed by atoms with E-state index in [0.29, 0.717) is 114 Å². The normalized spacial score (nSPS) is 12.8. The molecule has 0 amide bonds. The fraction of sp³-hybridized carbons (Fsp3) is 0.284. The number of hydrogen-bond donors (Lipinski definition) is 5. The van der Waals surface area contributed by atoms with E-state index in [1.807, 2.05) is 67.7 Å². The Bertz CT molecular complexity index is 7160. The molecular formula is C102H104ClF6N15O5S5. The number of halogens is 7. The zero-order valence-electron chi connectivity index (χ0n) is 77.7. The number of hydrogen-bond acceptors (Lipinski definition) is 20. The second-order valence-corrected chi connectivity index (χ2v) is 39.4. The van der Waals surface area contributed by atoms with Gasteiger partial charge in [0.2, 0.25) is 0 Å². The van der Waals surface area contributed by atoms with Gasteiger partial charge in [0, 0.05) is 76.3 Å². The first kappa shape index (κ1) is 94.7. The van der Waals surface area contributed by atoms with Crippen LogP contribution >= 0.6 is 68.3 Å². The second kappa shape index (κ2) is 40.3. The van der Waals surface area contributed by atoms with E-state index < -0.39 is 11.6 Å². The smallest absolute Gasteiger partial charge is 0.196 e. The van der Waals surface area contributed by atoms with Crippen LogP contribution in [-0.2, 0) is 0 Å². The zero-order valence-corrected chi connectivity index (χ0v) is 82.5. The van der Waals surface area contributed by atoms with Crippen LogP contribution in [0.15, 0.2) is 152 Å². The number of fused-ring (bicyclic) bond motifs is 5. The first-order valence-corrected chi connectivity index (χ1v) is 48.5. The number of aromatic nitrogens is 10. The summed E-state index contributed by atoms with van der Waals surface area (Å²) in [6, 6.07) is 42.8. The van der Waals surface area contributed by atoms with E-state index in [2.05, 4.69) is 112 Å². The van der Waals surface area contributed by atoms with E-state index in [4.69, 9.17) is 55.2 Å². The van der Waals surface area contributed by atoms with Crippen LogP contribution in [0.3, 0.4) is 0 Å². The topological polar surface area (TPSA) is 193 Å². The second-order valence-electron chi connectivity index (χ2n) is 33.1. The van der Waals surface area contributed by atoms with Crippen molar-refractivity contribution in [3.05, 3.63) is 261 Å². The van der Waals surface area contributed by atoms with E-state index in [1.54, 1.807) is 139 Å². The summed E-state index contributed by atoms with van der Waals surface area (Å²) in [5, 5.41) is 18.2. The fourth-order valence-corrected chi connectivity index (χ4v) is 22.3. The number of benzene rings is 8. The molecule has 0 radical (unpaired) electrons. The summed E-state index contributed by atoms with van der Waals surface area (Å²) in [4.78, 5) is 33.8. The van der Waals surface area contributed by atoms with Crippen LogP contribution in [-0.4, -0.2) is 94.6 Å². The van der Waals surface area contributed by atoms with Gasteiger partial charge >= 0.3 is 0 Å². The van der Waals surface area contributed by atoms with Crippen LogP contribution in [0.4, 0.5) is 72.5 Å². The Morgan fingerprint density at radius 1 is 0.299 bits per heavy atom. The van der Waals surface area contributed by atoms with Crippen LogP contribution in [0.25, 0.3) is 81.1 Å². The summed E-state index contributed by atoms with van der Waals surface area (Å²) in [7, 11) is 7.71. The highest BCUT2D eigenvalue weighted by atomic mass is 35.5. The molecule has 2 aliphatic rings. The molecule has 2 saturated carbocycles. The number of nitrogens with one attached hydrogen (secondary N) is 5. The Hall–Kier alpha value is -12.5. The lowest BCUT2D eigenvalue weighted by atomic mass is 9.95. The number of aryl methyl sites for hydroxylation is 13. The number of rotatable bonds is 20. The van der Waals surface area contributed by atoms with Crippen LogP contribution in [0.1, 0.15) is 127 Å². The molecule has 2 aliphatic carbocycles. The van der Waals surface area contributed by atoms with E-state index >= 15 is 0 Å². The lowest BCUT2D eigenvalue weighted by Gasteiger charge is -2.24. The van der Waals surface area contributed by atoms with Crippen molar-refractivity contribution in [3.8, 4) is 85.0 Å². The summed E-state index contributed by atoms with van der Waals surface area (Å²) >= 11 is 14.4. The lowest BCUT2D eigenvalue weighted by molar-refractivity contribution is 0.413. The van der Waals surface area contributed by atoms with Gasteiger partial charge in [0.1, 0.15) is 121 Å². The molecular weight excluding hydrogens is 1820 g/mol. The molecule has 10 heterocycles. The molecule has 0 unspecified atom stereocenters. The highest BCUT2D eigenvalue weighted by molar-refractivity contribution is 7.18. The highest BCUT2D eigenvalue weighted by Gasteiger charge is 2.33. The van der Waals surface area contributed by atoms with Gasteiger partial charge < -0.3 is 50.3 Å². The minimum atomic E-state index is -0.420. The molecule has 5 N–H and O–H groups in total. The summed E-state index contributed by atoms with van der Waals surface area (Å²) < 4.78 is 124. The molecule has 134 heavy (non-hydrogen) atoms. The van der Waals surface area contributed by atoms with Gasteiger partial charge in [-0.3, -0.25) is 22.0 Å². The Kier molecular flexibility index (Phi) is 28.5. The molecule has 0 spiro atoms. The quantitative estimate of drug-likeness (QED) is 0.0452. The van der Waals surface area contributed by atoms with Gasteiger partial charge in [-0.15, -0.1) is 56.7 Å². The van der Waals surface area contributed by atoms with Gasteiger partial charge in [0.05, 0.1) is 74.1 Å². The van der Waals surface area contributed by atoms with Gasteiger partial charge in [-0.25, -0.2) is 51.3 Å². The molecule has 32 heteroatoms. The van der Waals surface area contributed by atoms with E-state index in [1.165, 1.54) is 115 Å². The first-order valence-electron chi connectivity index (χ1n) is 44.0. The van der Waals surface area contributed by atoms with Crippen LogP contribution in [0.5, 0.6) is 28.7 Å². The lowest BCUT2D eigenvalue weighted by Crippen LogP contribution is -2.23. The minimum Gasteiger partial charge on any atom is -0.496 e. The third-order valence-electron chi connectivity index (χ3n) is 24.8. The Labute approximate surface area is 798 Å². The fourth-order valence-electron chi connectivity index (χ4n) is 17.2. The molecule has 0 atom stereocenters. The summed E-state index contributed by atoms with van der Waals surface area (Å²) in [6.07, 6.45) is 10.8. The average molecular weight is 1930 g/mol. The minimum absolute atomic E-state index is 0.289. The molecule has 20 nitrogen and oxygen atoms in total. The van der Waals surface area contributed by atoms with E-state index in [0.717, 1.165) is 134 Å². The van der Waals surface area contributed by atoms with Crippen molar-refractivity contribution >= 4 is 139 Å². The number of imidazole rings is 5. The highest BCUT2D eigenvalue weighted by Crippen LogP contribution is 2.49. The number of para-hydroxylation sites is 2. The Balaban J connectivity index is 0.000000122. The Morgan fingerprint density at radius 2 is 0.545 bits per heavy atom. The number of nitrogens with zero attached hydrogens (tertiary/aromatic N) is 10. The predicted octanol–water partition coefficient (Wildman–Crippen LogP) is 29.2. The van der Waals surface area contributed by atoms with Crippen LogP contribution in [0, 0.1) is 125 Å². The van der Waals surface area contributed by atoms with Crippen molar-refractivity contribution in [1.29, 1.82) is 0 Å². The predicted molar refractivity (Wildman–Crippen MR) is 537 cm³/mol. The molecule has 0 bridgehead atoms. The van der Waals surface area contributed by atoms with Gasteiger partial charge in [0.25, 0.3) is 0 Å².